The molecule has 0 bridgehead atoms. The van der Waals surface area contributed by atoms with Crippen molar-refractivity contribution >= 4 is 41.5 Å². The molecule has 0 spiro atoms. The molecule has 1 heterocycles. The van der Waals surface area contributed by atoms with Crippen LogP contribution in [-0.4, -0.2) is 93.8 Å². The summed E-state index contributed by atoms with van der Waals surface area (Å²) in [6, 6.07) is -5.52. The van der Waals surface area contributed by atoms with Gasteiger partial charge in [0.15, 0.2) is 0 Å². The highest BCUT2D eigenvalue weighted by Gasteiger charge is 2.35. The lowest BCUT2D eigenvalue weighted by atomic mass is 9.97. The second-order valence-electron chi connectivity index (χ2n) is 12.1. The zero-order valence-electron chi connectivity index (χ0n) is 26.1. The molecule has 1 fully saturated rings. The molecule has 6 N–H and O–H groups in total. The van der Waals surface area contributed by atoms with Crippen molar-refractivity contribution in [2.75, 3.05) is 13.1 Å². The minimum atomic E-state index is -1.68. The first kappa shape index (κ1) is 37.3. The van der Waals surface area contributed by atoms with E-state index in [2.05, 4.69) is 21.3 Å². The van der Waals surface area contributed by atoms with Crippen LogP contribution < -0.4 is 21.3 Å². The number of likely N-dealkylation sites (tertiary alicyclic amines) is 1. The van der Waals surface area contributed by atoms with Gasteiger partial charge < -0.3 is 36.4 Å². The van der Waals surface area contributed by atoms with Crippen LogP contribution in [-0.2, 0) is 33.6 Å². The molecule has 1 aliphatic heterocycles. The van der Waals surface area contributed by atoms with E-state index >= 15 is 0 Å². The van der Waals surface area contributed by atoms with E-state index in [0.717, 1.165) is 12.8 Å². The van der Waals surface area contributed by atoms with Crippen LogP contribution in [0, 0.1) is 17.8 Å². The molecule has 1 saturated heterocycles. The Morgan fingerprint density at radius 2 is 1.19 bits per heavy atom. The molecule has 5 amide bonds. The molecule has 5 atom stereocenters. The number of rotatable bonds is 18. The van der Waals surface area contributed by atoms with E-state index in [9.17, 15) is 43.8 Å². The summed E-state index contributed by atoms with van der Waals surface area (Å²) < 4.78 is 0. The van der Waals surface area contributed by atoms with E-state index in [0.29, 0.717) is 19.5 Å². The van der Waals surface area contributed by atoms with Gasteiger partial charge in [0, 0.05) is 19.5 Å². The first-order valence-corrected chi connectivity index (χ1v) is 15.0. The summed E-state index contributed by atoms with van der Waals surface area (Å²) in [6.45, 7) is 11.8. The molecule has 244 valence electrons. The Morgan fingerprint density at radius 1 is 0.674 bits per heavy atom. The Bertz CT molecular complexity index is 1010. The highest BCUT2D eigenvalue weighted by Crippen LogP contribution is 2.14. The number of hydrogen-bond acceptors (Lipinski definition) is 7. The molecule has 0 aromatic carbocycles. The average molecular weight is 612 g/mol. The molecule has 14 nitrogen and oxygen atoms in total. The second-order valence-corrected chi connectivity index (χ2v) is 12.1. The number of hydrogen-bond donors (Lipinski definition) is 6. The van der Waals surface area contributed by atoms with Crippen LogP contribution >= 0.6 is 0 Å². The van der Waals surface area contributed by atoms with Gasteiger partial charge in [-0.3, -0.25) is 28.8 Å². The molecule has 0 aromatic rings. The fourth-order valence-corrected chi connectivity index (χ4v) is 4.67. The summed E-state index contributed by atoms with van der Waals surface area (Å²) >= 11 is 0. The lowest BCUT2D eigenvalue weighted by Gasteiger charge is -2.28. The number of carboxylic acids is 2. The molecule has 0 aromatic heterocycles. The SMILES string of the molecule is CCC(C)C(NC(=O)CC(C)C)C(=O)NC(CC(=O)N1CCCC1)C(=O)NC(CC(=O)O)C(=O)NC(CC(C)C)C(=O)O. The normalized spacial score (nSPS) is 16.5. The predicted molar refractivity (Wildman–Crippen MR) is 156 cm³/mol. The van der Waals surface area contributed by atoms with Gasteiger partial charge in [0.25, 0.3) is 0 Å². The van der Waals surface area contributed by atoms with Crippen molar-refractivity contribution in [1.29, 1.82) is 0 Å². The van der Waals surface area contributed by atoms with Crippen molar-refractivity contribution in [1.82, 2.24) is 26.2 Å². The molecule has 5 unspecified atom stereocenters. The number of nitrogens with zero attached hydrogens (tertiary/aromatic N) is 1. The van der Waals surface area contributed by atoms with Crippen molar-refractivity contribution in [3.63, 3.8) is 0 Å². The summed E-state index contributed by atoms with van der Waals surface area (Å²) in [7, 11) is 0. The van der Waals surface area contributed by atoms with Crippen molar-refractivity contribution in [2.45, 2.75) is 111 Å². The maximum absolute atomic E-state index is 13.5. The third-order valence-electron chi connectivity index (χ3n) is 7.21. The van der Waals surface area contributed by atoms with Crippen molar-refractivity contribution in [3.05, 3.63) is 0 Å². The summed E-state index contributed by atoms with van der Waals surface area (Å²) in [6.07, 6.45) is 1.01. The number of carbonyl (C=O) groups excluding carboxylic acids is 5. The largest absolute Gasteiger partial charge is 0.481 e. The van der Waals surface area contributed by atoms with E-state index in [1.165, 1.54) is 0 Å². The summed E-state index contributed by atoms with van der Waals surface area (Å²) in [4.78, 5) is 90.2. The number of carboxylic acid groups (broad SMARTS) is 2. The second kappa shape index (κ2) is 18.1. The minimum absolute atomic E-state index is 0.0378. The quantitative estimate of drug-likeness (QED) is 0.128. The minimum Gasteiger partial charge on any atom is -0.481 e. The molecule has 1 aliphatic rings. The van der Waals surface area contributed by atoms with Crippen molar-refractivity contribution < 1.29 is 43.8 Å². The van der Waals surface area contributed by atoms with Gasteiger partial charge in [-0.05, 0) is 37.0 Å². The van der Waals surface area contributed by atoms with E-state index in [1.54, 1.807) is 25.7 Å². The number of nitrogens with one attached hydrogen (secondary N) is 4. The van der Waals surface area contributed by atoms with Crippen LogP contribution in [0.25, 0.3) is 0 Å². The van der Waals surface area contributed by atoms with Gasteiger partial charge in [-0.2, -0.15) is 0 Å². The van der Waals surface area contributed by atoms with E-state index in [1.807, 2.05) is 20.8 Å². The molecular weight excluding hydrogens is 562 g/mol. The smallest absolute Gasteiger partial charge is 0.326 e. The Morgan fingerprint density at radius 3 is 1.65 bits per heavy atom. The maximum Gasteiger partial charge on any atom is 0.326 e. The third-order valence-corrected chi connectivity index (χ3v) is 7.21. The van der Waals surface area contributed by atoms with Crippen molar-refractivity contribution in [3.8, 4) is 0 Å². The Labute approximate surface area is 253 Å². The monoisotopic (exact) mass is 611 g/mol. The highest BCUT2D eigenvalue weighted by atomic mass is 16.4. The van der Waals surface area contributed by atoms with E-state index < -0.39 is 72.6 Å². The molecule has 1 rings (SSSR count). The Kier molecular flexibility index (Phi) is 15.7. The summed E-state index contributed by atoms with van der Waals surface area (Å²) in [5.41, 5.74) is 0. The Hall–Kier alpha value is -3.71. The van der Waals surface area contributed by atoms with Gasteiger partial charge in [0.05, 0.1) is 12.8 Å². The summed E-state index contributed by atoms with van der Waals surface area (Å²) in [5.74, 6) is -6.64. The number of amides is 5. The lowest BCUT2D eigenvalue weighted by Crippen LogP contribution is -2.59. The van der Waals surface area contributed by atoms with Crippen molar-refractivity contribution in [2.24, 2.45) is 17.8 Å². The number of carbonyl (C=O) groups is 7. The van der Waals surface area contributed by atoms with E-state index in [-0.39, 0.29) is 36.5 Å². The topological polar surface area (TPSA) is 211 Å². The molecule has 0 radical (unpaired) electrons. The average Bonchev–Trinajstić information content (AvgIpc) is 3.44. The molecular formula is C29H49N5O9. The van der Waals surface area contributed by atoms with Crippen LogP contribution in [0.15, 0.2) is 0 Å². The van der Waals surface area contributed by atoms with Crippen LogP contribution in [0.3, 0.4) is 0 Å². The molecule has 14 heteroatoms. The molecule has 0 saturated carbocycles. The molecule has 43 heavy (non-hydrogen) atoms. The van der Waals surface area contributed by atoms with Gasteiger partial charge >= 0.3 is 11.9 Å². The van der Waals surface area contributed by atoms with Gasteiger partial charge in [0.1, 0.15) is 24.2 Å². The summed E-state index contributed by atoms with van der Waals surface area (Å²) in [5, 5.41) is 28.7. The maximum atomic E-state index is 13.5. The first-order chi connectivity index (χ1) is 20.0. The zero-order valence-corrected chi connectivity index (χ0v) is 26.1. The Balaban J connectivity index is 3.26. The first-order valence-electron chi connectivity index (χ1n) is 15.0. The van der Waals surface area contributed by atoms with Crippen LogP contribution in [0.1, 0.15) is 86.5 Å². The van der Waals surface area contributed by atoms with E-state index in [4.69, 9.17) is 0 Å². The standard InChI is InChI=1S/C29H49N5O9/c1-7-18(6)25(33-22(35)13-17(4)5)28(41)31-19(14-23(36)34-10-8-9-11-34)26(39)30-20(15-24(37)38)27(40)32-21(29(42)43)12-16(2)3/h16-21,25H,7-15H2,1-6H3,(H,30,39)(H,31,41)(H,32,40)(H,33,35)(H,37,38)(H,42,43). The fourth-order valence-electron chi connectivity index (χ4n) is 4.67. The van der Waals surface area contributed by atoms with Crippen LogP contribution in [0.2, 0.25) is 0 Å². The van der Waals surface area contributed by atoms with Gasteiger partial charge in [-0.25, -0.2) is 4.79 Å². The third kappa shape index (κ3) is 13.4. The van der Waals surface area contributed by atoms with Gasteiger partial charge in [-0.15, -0.1) is 0 Å². The zero-order chi connectivity index (χ0) is 32.9. The predicted octanol–water partition coefficient (Wildman–Crippen LogP) is 0.636. The van der Waals surface area contributed by atoms with Gasteiger partial charge in [-0.1, -0.05) is 48.0 Å². The van der Waals surface area contributed by atoms with Gasteiger partial charge in [0.2, 0.25) is 29.5 Å². The fraction of sp³-hybridized carbons (Fsp3) is 0.759. The molecule has 0 aliphatic carbocycles. The number of aliphatic carboxylic acids is 2. The van der Waals surface area contributed by atoms with Crippen LogP contribution in [0.5, 0.6) is 0 Å². The highest BCUT2D eigenvalue weighted by molar-refractivity contribution is 5.98. The van der Waals surface area contributed by atoms with Crippen LogP contribution in [0.4, 0.5) is 0 Å². The lowest BCUT2D eigenvalue weighted by molar-refractivity contribution is -0.144.